The van der Waals surface area contributed by atoms with Crippen LogP contribution in [0.2, 0.25) is 0 Å². The van der Waals surface area contributed by atoms with Crippen LogP contribution in [0.1, 0.15) is 10.4 Å². The SMILES string of the molecule is Nc1cn(-c2cccc(-c3ccccc3)c2)n(CC(=O)c2ccccc2)c1=O. The molecule has 1 aromatic heterocycles. The molecule has 5 nitrogen and oxygen atoms in total. The predicted octanol–water partition coefficient (Wildman–Crippen LogP) is 3.77. The minimum Gasteiger partial charge on any atom is -0.393 e. The Balaban J connectivity index is 1.75. The lowest BCUT2D eigenvalue weighted by Crippen LogP contribution is -2.27. The lowest BCUT2D eigenvalue weighted by molar-refractivity contribution is 0.0963. The molecule has 4 rings (SSSR count). The van der Waals surface area contributed by atoms with Crippen LogP contribution in [0, 0.1) is 0 Å². The molecule has 0 fully saturated rings. The van der Waals surface area contributed by atoms with Gasteiger partial charge in [-0.15, -0.1) is 0 Å². The maximum atomic E-state index is 12.6. The fraction of sp³-hybridized carbons (Fsp3) is 0.0435. The van der Waals surface area contributed by atoms with E-state index in [9.17, 15) is 9.59 Å². The largest absolute Gasteiger partial charge is 0.393 e. The molecule has 0 unspecified atom stereocenters. The third kappa shape index (κ3) is 3.38. The van der Waals surface area contributed by atoms with Gasteiger partial charge in [0.1, 0.15) is 12.2 Å². The van der Waals surface area contributed by atoms with E-state index in [0.29, 0.717) is 5.56 Å². The van der Waals surface area contributed by atoms with Crippen LogP contribution in [-0.2, 0) is 6.54 Å². The van der Waals surface area contributed by atoms with Gasteiger partial charge in [-0.1, -0.05) is 72.8 Å². The predicted molar refractivity (Wildman–Crippen MR) is 111 cm³/mol. The highest BCUT2D eigenvalue weighted by molar-refractivity contribution is 5.95. The minimum absolute atomic E-state index is 0.0877. The van der Waals surface area contributed by atoms with Gasteiger partial charge in [-0.3, -0.25) is 14.3 Å². The van der Waals surface area contributed by atoms with Crippen LogP contribution >= 0.6 is 0 Å². The molecule has 0 atom stereocenters. The first kappa shape index (κ1) is 17.5. The van der Waals surface area contributed by atoms with Crippen LogP contribution in [0.15, 0.2) is 95.9 Å². The summed E-state index contributed by atoms with van der Waals surface area (Å²) >= 11 is 0. The Labute approximate surface area is 162 Å². The number of benzene rings is 3. The summed E-state index contributed by atoms with van der Waals surface area (Å²) in [5, 5.41) is 0. The number of ketones is 1. The number of aromatic nitrogens is 2. The van der Waals surface area contributed by atoms with Crippen molar-refractivity contribution in [3.8, 4) is 16.8 Å². The van der Waals surface area contributed by atoms with E-state index >= 15 is 0 Å². The molecule has 0 aliphatic heterocycles. The molecule has 2 N–H and O–H groups in total. The summed E-state index contributed by atoms with van der Waals surface area (Å²) in [6.07, 6.45) is 1.56. The maximum absolute atomic E-state index is 12.6. The first-order valence-corrected chi connectivity index (χ1v) is 8.95. The number of hydrogen-bond donors (Lipinski definition) is 1. The Morgan fingerprint density at radius 3 is 2.18 bits per heavy atom. The molecule has 3 aromatic carbocycles. The highest BCUT2D eigenvalue weighted by atomic mass is 16.1. The van der Waals surface area contributed by atoms with E-state index in [0.717, 1.165) is 16.8 Å². The van der Waals surface area contributed by atoms with E-state index < -0.39 is 0 Å². The lowest BCUT2D eigenvalue weighted by atomic mass is 10.1. The summed E-state index contributed by atoms with van der Waals surface area (Å²) in [5.41, 5.74) is 9.00. The molecule has 0 bridgehead atoms. The molecule has 0 saturated carbocycles. The van der Waals surface area contributed by atoms with Gasteiger partial charge in [0.2, 0.25) is 0 Å². The van der Waals surface area contributed by atoms with Crippen molar-refractivity contribution < 1.29 is 4.79 Å². The number of nitrogen functional groups attached to an aromatic ring is 1. The van der Waals surface area contributed by atoms with Crippen molar-refractivity contribution in [2.24, 2.45) is 0 Å². The summed E-state index contributed by atoms with van der Waals surface area (Å²) in [5.74, 6) is -0.152. The molecule has 0 amide bonds. The minimum atomic E-state index is -0.380. The van der Waals surface area contributed by atoms with Crippen LogP contribution in [-0.4, -0.2) is 15.1 Å². The second-order valence-electron chi connectivity index (χ2n) is 6.50. The van der Waals surface area contributed by atoms with Crippen LogP contribution in [0.4, 0.5) is 5.69 Å². The molecule has 0 saturated heterocycles. The normalized spacial score (nSPS) is 10.7. The van der Waals surface area contributed by atoms with Crippen molar-refractivity contribution in [1.82, 2.24) is 9.36 Å². The van der Waals surface area contributed by atoms with Crippen molar-refractivity contribution in [3.63, 3.8) is 0 Å². The Hall–Kier alpha value is -3.86. The van der Waals surface area contributed by atoms with Gasteiger partial charge in [0, 0.05) is 5.56 Å². The van der Waals surface area contributed by atoms with Gasteiger partial charge in [-0.2, -0.15) is 0 Å². The smallest absolute Gasteiger partial charge is 0.290 e. The first-order chi connectivity index (χ1) is 13.6. The molecule has 5 heteroatoms. The monoisotopic (exact) mass is 369 g/mol. The lowest BCUT2D eigenvalue weighted by Gasteiger charge is -2.12. The quantitative estimate of drug-likeness (QED) is 0.545. The Bertz CT molecular complexity index is 1180. The third-order valence-electron chi connectivity index (χ3n) is 4.61. The van der Waals surface area contributed by atoms with Gasteiger partial charge in [0.25, 0.3) is 5.56 Å². The number of Topliss-reactive ketones (excluding diaryl/α,β-unsaturated/α-hetero) is 1. The van der Waals surface area contributed by atoms with E-state index in [1.165, 1.54) is 4.68 Å². The summed E-state index contributed by atoms with van der Waals surface area (Å²) < 4.78 is 3.01. The van der Waals surface area contributed by atoms with E-state index in [1.54, 1.807) is 35.1 Å². The first-order valence-electron chi connectivity index (χ1n) is 8.95. The molecule has 0 aliphatic rings. The zero-order chi connectivity index (χ0) is 19.5. The summed E-state index contributed by atoms with van der Waals surface area (Å²) in [4.78, 5) is 25.2. The Kier molecular flexibility index (Phi) is 4.64. The van der Waals surface area contributed by atoms with Crippen molar-refractivity contribution in [2.75, 3.05) is 5.73 Å². The van der Waals surface area contributed by atoms with Crippen LogP contribution in [0.5, 0.6) is 0 Å². The number of carbonyl (C=O) groups excluding carboxylic acids is 1. The average Bonchev–Trinajstić information content (AvgIpc) is 3.03. The molecule has 0 spiro atoms. The van der Waals surface area contributed by atoms with E-state index in [2.05, 4.69) is 0 Å². The average molecular weight is 369 g/mol. The number of anilines is 1. The standard InChI is InChI=1S/C23H19N3O2/c24-21-15-25(20-13-7-12-19(14-20)17-8-3-1-4-9-17)26(23(21)28)16-22(27)18-10-5-2-6-11-18/h1-15H,16,24H2. The Morgan fingerprint density at radius 1 is 0.821 bits per heavy atom. The maximum Gasteiger partial charge on any atom is 0.290 e. The van der Waals surface area contributed by atoms with Gasteiger partial charge in [0.05, 0.1) is 11.9 Å². The number of nitrogens with zero attached hydrogens (tertiary/aromatic N) is 2. The van der Waals surface area contributed by atoms with Gasteiger partial charge >= 0.3 is 0 Å². The summed E-state index contributed by atoms with van der Waals surface area (Å²) in [6, 6.07) is 26.7. The fourth-order valence-corrected chi connectivity index (χ4v) is 3.18. The van der Waals surface area contributed by atoms with Gasteiger partial charge in [-0.05, 0) is 23.3 Å². The molecule has 1 heterocycles. The van der Waals surface area contributed by atoms with Crippen LogP contribution in [0.3, 0.4) is 0 Å². The summed E-state index contributed by atoms with van der Waals surface area (Å²) in [6.45, 7) is -0.0877. The van der Waals surface area contributed by atoms with E-state index in [-0.39, 0.29) is 23.6 Å². The zero-order valence-corrected chi connectivity index (χ0v) is 15.2. The molecule has 28 heavy (non-hydrogen) atoms. The third-order valence-corrected chi connectivity index (χ3v) is 4.61. The number of hydrogen-bond acceptors (Lipinski definition) is 3. The molecular weight excluding hydrogens is 350 g/mol. The van der Waals surface area contributed by atoms with Crippen molar-refractivity contribution in [1.29, 1.82) is 0 Å². The van der Waals surface area contributed by atoms with Crippen molar-refractivity contribution >= 4 is 11.5 Å². The molecule has 4 aromatic rings. The summed E-state index contributed by atoms with van der Waals surface area (Å²) in [7, 11) is 0. The van der Waals surface area contributed by atoms with Crippen LogP contribution < -0.4 is 11.3 Å². The Morgan fingerprint density at radius 2 is 1.46 bits per heavy atom. The molecule has 138 valence electrons. The van der Waals surface area contributed by atoms with Gasteiger partial charge < -0.3 is 5.73 Å². The number of rotatable bonds is 5. The van der Waals surface area contributed by atoms with Gasteiger partial charge in [0.15, 0.2) is 5.78 Å². The highest BCUT2D eigenvalue weighted by Crippen LogP contribution is 2.22. The molecule has 0 radical (unpaired) electrons. The number of carbonyl (C=O) groups is 1. The fourth-order valence-electron chi connectivity index (χ4n) is 3.18. The highest BCUT2D eigenvalue weighted by Gasteiger charge is 2.15. The van der Waals surface area contributed by atoms with E-state index in [1.807, 2.05) is 60.7 Å². The van der Waals surface area contributed by atoms with Gasteiger partial charge in [-0.25, -0.2) is 4.68 Å². The number of nitrogens with two attached hydrogens (primary N) is 1. The van der Waals surface area contributed by atoms with Crippen molar-refractivity contribution in [3.05, 3.63) is 107 Å². The van der Waals surface area contributed by atoms with Crippen LogP contribution in [0.25, 0.3) is 16.8 Å². The van der Waals surface area contributed by atoms with E-state index in [4.69, 9.17) is 5.73 Å². The van der Waals surface area contributed by atoms with Crippen molar-refractivity contribution in [2.45, 2.75) is 6.54 Å². The second-order valence-corrected chi connectivity index (χ2v) is 6.50. The molecule has 0 aliphatic carbocycles. The second kappa shape index (κ2) is 7.40. The zero-order valence-electron chi connectivity index (χ0n) is 15.2. The molecular formula is C23H19N3O2. The topological polar surface area (TPSA) is 70.0 Å².